The molecule has 26 heavy (non-hydrogen) atoms. The van der Waals surface area contributed by atoms with E-state index < -0.39 is 0 Å². The van der Waals surface area contributed by atoms with Crippen LogP contribution in [0.15, 0.2) is 24.4 Å². The van der Waals surface area contributed by atoms with Crippen LogP contribution in [0.3, 0.4) is 0 Å². The van der Waals surface area contributed by atoms with Crippen molar-refractivity contribution in [3.63, 3.8) is 0 Å². The number of fused-ring (bicyclic) bond motifs is 3. The number of benzene rings is 1. The molecule has 0 N–H and O–H groups in total. The quantitative estimate of drug-likeness (QED) is 0.666. The molecule has 2 aliphatic rings. The maximum Gasteiger partial charge on any atom is 0.115 e. The molecule has 2 aromatic heterocycles. The van der Waals surface area contributed by atoms with Crippen LogP contribution in [0, 0.1) is 0 Å². The van der Waals surface area contributed by atoms with Crippen molar-refractivity contribution < 1.29 is 9.47 Å². The number of rotatable bonds is 2. The van der Waals surface area contributed by atoms with Crippen LogP contribution in [0.1, 0.15) is 44.0 Å². The molecular weight excluding hydrogens is 350 g/mol. The van der Waals surface area contributed by atoms with Gasteiger partial charge in [-0.25, -0.2) is 4.98 Å². The number of imidazole rings is 1. The van der Waals surface area contributed by atoms with Crippen LogP contribution in [0.4, 0.5) is 0 Å². The molecule has 0 spiro atoms. The lowest BCUT2D eigenvalue weighted by atomic mass is 10.0. The number of halogens is 1. The fraction of sp³-hybridized carbons (Fsp3) is 0.500. The predicted molar refractivity (Wildman–Crippen MR) is 102 cm³/mol. The lowest BCUT2D eigenvalue weighted by molar-refractivity contribution is 0.00604. The third-order valence-corrected chi connectivity index (χ3v) is 5.86. The first kappa shape index (κ1) is 16.5. The van der Waals surface area contributed by atoms with Gasteiger partial charge in [-0.3, -0.25) is 4.98 Å². The van der Waals surface area contributed by atoms with Crippen molar-refractivity contribution in [2.45, 2.75) is 44.2 Å². The van der Waals surface area contributed by atoms with E-state index in [2.05, 4.69) is 16.5 Å². The number of ether oxygens (including phenoxy) is 2. The van der Waals surface area contributed by atoms with E-state index in [0.717, 1.165) is 71.9 Å². The fourth-order valence-corrected chi connectivity index (χ4v) is 4.54. The molecule has 4 heterocycles. The van der Waals surface area contributed by atoms with Gasteiger partial charge in [-0.15, -0.1) is 0 Å². The van der Waals surface area contributed by atoms with Crippen LogP contribution in [0.2, 0.25) is 5.02 Å². The van der Waals surface area contributed by atoms with Gasteiger partial charge in [-0.2, -0.15) is 0 Å². The molecular formula is C20H22ClN3O2. The molecule has 136 valence electrons. The van der Waals surface area contributed by atoms with Gasteiger partial charge in [0.15, 0.2) is 0 Å². The van der Waals surface area contributed by atoms with E-state index in [-0.39, 0.29) is 6.10 Å². The smallest absolute Gasteiger partial charge is 0.115 e. The Kier molecular flexibility index (Phi) is 4.11. The van der Waals surface area contributed by atoms with Crippen molar-refractivity contribution in [1.82, 2.24) is 14.5 Å². The lowest BCUT2D eigenvalue weighted by Crippen LogP contribution is -2.27. The third kappa shape index (κ3) is 2.70. The highest BCUT2D eigenvalue weighted by atomic mass is 35.5. The van der Waals surface area contributed by atoms with E-state index in [4.69, 9.17) is 26.1 Å². The summed E-state index contributed by atoms with van der Waals surface area (Å²) < 4.78 is 13.9. The molecule has 0 amide bonds. The van der Waals surface area contributed by atoms with E-state index in [1.54, 1.807) is 0 Å². The summed E-state index contributed by atoms with van der Waals surface area (Å²) in [5.41, 5.74) is 3.05. The Morgan fingerprint density at radius 2 is 2.12 bits per heavy atom. The molecule has 0 radical (unpaired) electrons. The lowest BCUT2D eigenvalue weighted by Gasteiger charge is -2.30. The Hall–Kier alpha value is -1.69. The molecule has 2 aliphatic heterocycles. The Bertz CT molecular complexity index is 964. The average Bonchev–Trinajstić information content (AvgIpc) is 3.29. The zero-order valence-electron chi connectivity index (χ0n) is 14.8. The molecule has 5 rings (SSSR count). The normalized spacial score (nSPS) is 26.8. The van der Waals surface area contributed by atoms with E-state index in [9.17, 15) is 0 Å². The Morgan fingerprint density at radius 1 is 1.19 bits per heavy atom. The highest BCUT2D eigenvalue weighted by Gasteiger charge is 2.31. The molecule has 0 aliphatic carbocycles. The summed E-state index contributed by atoms with van der Waals surface area (Å²) >= 11 is 6.32. The Balaban J connectivity index is 1.78. The summed E-state index contributed by atoms with van der Waals surface area (Å²) in [7, 11) is 0. The standard InChI is InChI=1S/C20H22ClN3O2/c1-12-8-15(5-7-26-12)24-19-16-9-14(21)2-3-17(16)22-10-18(19)23-20(24)13-4-6-25-11-13/h2-3,9-10,12-13,15H,4-8,11H2,1H3/t12-,13?,15-/m1/s1. The van der Waals surface area contributed by atoms with Crippen molar-refractivity contribution in [3.8, 4) is 0 Å². The van der Waals surface area contributed by atoms with Crippen LogP contribution in [0.5, 0.6) is 0 Å². The molecule has 3 atom stereocenters. The van der Waals surface area contributed by atoms with Gasteiger partial charge in [-0.1, -0.05) is 11.6 Å². The van der Waals surface area contributed by atoms with Gasteiger partial charge in [0.05, 0.1) is 29.9 Å². The SMILES string of the molecule is C[C@@H]1C[C@H](n2c(C3CCOC3)nc3cnc4ccc(Cl)cc4c32)CCO1. The molecule has 2 saturated heterocycles. The summed E-state index contributed by atoms with van der Waals surface area (Å²) in [5, 5.41) is 1.80. The average molecular weight is 372 g/mol. The Morgan fingerprint density at radius 3 is 2.92 bits per heavy atom. The number of nitrogens with zero attached hydrogens (tertiary/aromatic N) is 3. The van der Waals surface area contributed by atoms with E-state index in [1.807, 2.05) is 24.4 Å². The van der Waals surface area contributed by atoms with Crippen molar-refractivity contribution in [3.05, 3.63) is 35.2 Å². The first-order valence-electron chi connectivity index (χ1n) is 9.36. The topological polar surface area (TPSA) is 49.2 Å². The molecule has 0 saturated carbocycles. The monoisotopic (exact) mass is 371 g/mol. The zero-order valence-corrected chi connectivity index (χ0v) is 15.6. The van der Waals surface area contributed by atoms with E-state index in [1.165, 1.54) is 0 Å². The predicted octanol–water partition coefficient (Wildman–Crippen LogP) is 4.48. The fourth-order valence-electron chi connectivity index (χ4n) is 4.37. The first-order chi connectivity index (χ1) is 12.7. The van der Waals surface area contributed by atoms with E-state index in [0.29, 0.717) is 12.0 Å². The summed E-state index contributed by atoms with van der Waals surface area (Å²) in [6.45, 7) is 4.49. The minimum Gasteiger partial charge on any atom is -0.381 e. The van der Waals surface area contributed by atoms with Crippen LogP contribution < -0.4 is 0 Å². The van der Waals surface area contributed by atoms with Gasteiger partial charge in [-0.05, 0) is 44.4 Å². The largest absolute Gasteiger partial charge is 0.381 e. The molecule has 0 bridgehead atoms. The molecule has 3 aromatic rings. The van der Waals surface area contributed by atoms with Gasteiger partial charge in [0.1, 0.15) is 11.3 Å². The molecule has 5 nitrogen and oxygen atoms in total. The minimum absolute atomic E-state index is 0.260. The second-order valence-corrected chi connectivity index (χ2v) is 7.85. The van der Waals surface area contributed by atoms with Gasteiger partial charge in [0, 0.05) is 35.6 Å². The number of hydrogen-bond acceptors (Lipinski definition) is 4. The Labute approximate surface area is 157 Å². The van der Waals surface area contributed by atoms with Crippen LogP contribution in [-0.2, 0) is 9.47 Å². The zero-order chi connectivity index (χ0) is 17.7. The van der Waals surface area contributed by atoms with Crippen LogP contribution in [0.25, 0.3) is 21.9 Å². The highest BCUT2D eigenvalue weighted by molar-refractivity contribution is 6.31. The second-order valence-electron chi connectivity index (χ2n) is 7.41. The maximum absolute atomic E-state index is 6.32. The van der Waals surface area contributed by atoms with Crippen LogP contribution in [-0.4, -0.2) is 40.5 Å². The number of pyridine rings is 1. The minimum atomic E-state index is 0.260. The highest BCUT2D eigenvalue weighted by Crippen LogP contribution is 2.37. The van der Waals surface area contributed by atoms with Gasteiger partial charge >= 0.3 is 0 Å². The third-order valence-electron chi connectivity index (χ3n) is 5.62. The first-order valence-corrected chi connectivity index (χ1v) is 9.74. The second kappa shape index (κ2) is 6.48. The van der Waals surface area contributed by atoms with Gasteiger partial charge in [0.2, 0.25) is 0 Å². The van der Waals surface area contributed by atoms with Gasteiger partial charge in [0.25, 0.3) is 0 Å². The molecule has 1 unspecified atom stereocenters. The summed E-state index contributed by atoms with van der Waals surface area (Å²) in [6.07, 6.45) is 5.17. The van der Waals surface area contributed by atoms with Crippen LogP contribution >= 0.6 is 11.6 Å². The van der Waals surface area contributed by atoms with E-state index >= 15 is 0 Å². The van der Waals surface area contributed by atoms with Crippen molar-refractivity contribution in [2.24, 2.45) is 0 Å². The summed E-state index contributed by atoms with van der Waals surface area (Å²) in [4.78, 5) is 9.61. The van der Waals surface area contributed by atoms with Crippen molar-refractivity contribution in [1.29, 1.82) is 0 Å². The van der Waals surface area contributed by atoms with Crippen molar-refractivity contribution >= 4 is 33.5 Å². The molecule has 1 aromatic carbocycles. The summed E-state index contributed by atoms with van der Waals surface area (Å²) in [6, 6.07) is 6.27. The van der Waals surface area contributed by atoms with Crippen molar-refractivity contribution in [2.75, 3.05) is 19.8 Å². The molecule has 6 heteroatoms. The summed E-state index contributed by atoms with van der Waals surface area (Å²) in [5.74, 6) is 1.47. The number of hydrogen-bond donors (Lipinski definition) is 0. The maximum atomic E-state index is 6.32. The number of aromatic nitrogens is 3. The van der Waals surface area contributed by atoms with Gasteiger partial charge < -0.3 is 14.0 Å². The molecule has 2 fully saturated rings.